The van der Waals surface area contributed by atoms with E-state index in [9.17, 15) is 4.57 Å². The SMILES string of the molecule is O=[P+](O)C(O)c1ccccc1.[Ca+2].[H+]. The van der Waals surface area contributed by atoms with E-state index < -0.39 is 13.9 Å². The van der Waals surface area contributed by atoms with Crippen LogP contribution in [0.3, 0.4) is 0 Å². The molecule has 3 nitrogen and oxygen atoms in total. The first-order chi connectivity index (χ1) is 5.22. The number of aliphatic hydroxyl groups is 1. The molecule has 0 spiro atoms. The van der Waals surface area contributed by atoms with Gasteiger partial charge in [0, 0.05) is 5.56 Å². The van der Waals surface area contributed by atoms with Crippen LogP contribution in [-0.4, -0.2) is 47.7 Å². The second-order valence-corrected chi connectivity index (χ2v) is 3.18. The molecule has 2 atom stereocenters. The molecule has 0 saturated carbocycles. The van der Waals surface area contributed by atoms with Crippen LogP contribution >= 0.6 is 8.03 Å². The summed E-state index contributed by atoms with van der Waals surface area (Å²) in [5.41, 5.74) is 0.469. The molecule has 0 saturated heterocycles. The molecule has 0 aliphatic carbocycles. The third-order valence-corrected chi connectivity index (χ3v) is 2.02. The minimum atomic E-state index is -2.53. The molecule has 12 heavy (non-hydrogen) atoms. The van der Waals surface area contributed by atoms with E-state index in [1.807, 2.05) is 0 Å². The van der Waals surface area contributed by atoms with Gasteiger partial charge in [0.15, 0.2) is 0 Å². The van der Waals surface area contributed by atoms with Crippen molar-refractivity contribution < 1.29 is 16.0 Å². The van der Waals surface area contributed by atoms with Crippen molar-refractivity contribution in [3.63, 3.8) is 0 Å². The Balaban J connectivity index is 0. The van der Waals surface area contributed by atoms with Crippen molar-refractivity contribution in [2.75, 3.05) is 0 Å². The molecule has 0 heterocycles. The molecule has 1 aromatic carbocycles. The molecule has 0 bridgehead atoms. The van der Waals surface area contributed by atoms with Gasteiger partial charge in [-0.05, 0) is 4.57 Å². The maximum absolute atomic E-state index is 10.4. The Bertz CT molecular complexity index is 257. The van der Waals surface area contributed by atoms with Crippen molar-refractivity contribution in [2.24, 2.45) is 0 Å². The Morgan fingerprint density at radius 2 is 1.83 bits per heavy atom. The second kappa shape index (κ2) is 6.03. The fraction of sp³-hybridized carbons (Fsp3) is 0.143. The van der Waals surface area contributed by atoms with Gasteiger partial charge >= 0.3 is 53.0 Å². The van der Waals surface area contributed by atoms with Crippen LogP contribution in [-0.2, 0) is 4.57 Å². The summed E-state index contributed by atoms with van der Waals surface area (Å²) in [7, 11) is -2.53. The fourth-order valence-corrected chi connectivity index (χ4v) is 1.18. The third kappa shape index (κ3) is 3.48. The molecule has 0 aliphatic heterocycles. The van der Waals surface area contributed by atoms with E-state index in [-0.39, 0.29) is 39.2 Å². The predicted octanol–water partition coefficient (Wildman–Crippen LogP) is 1.14. The van der Waals surface area contributed by atoms with Crippen LogP contribution in [0.15, 0.2) is 30.3 Å². The van der Waals surface area contributed by atoms with Gasteiger partial charge in [-0.2, -0.15) is 4.89 Å². The molecule has 2 N–H and O–H groups in total. The zero-order chi connectivity index (χ0) is 8.27. The number of hydrogen-bond donors (Lipinski definition) is 2. The Morgan fingerprint density at radius 1 is 1.33 bits per heavy atom. The van der Waals surface area contributed by atoms with Crippen LogP contribution in [0.2, 0.25) is 0 Å². The number of hydrogen-bond acceptors (Lipinski definition) is 2. The van der Waals surface area contributed by atoms with Crippen LogP contribution in [0.5, 0.6) is 0 Å². The molecule has 0 fully saturated rings. The maximum Gasteiger partial charge on any atom is 2.00 e. The Kier molecular flexibility index (Phi) is 6.28. The summed E-state index contributed by atoms with van der Waals surface area (Å²) in [6, 6.07) is 8.40. The van der Waals surface area contributed by atoms with E-state index in [0.29, 0.717) is 5.56 Å². The van der Waals surface area contributed by atoms with Crippen LogP contribution in [0, 0.1) is 0 Å². The first-order valence-corrected chi connectivity index (χ1v) is 4.38. The summed E-state index contributed by atoms with van der Waals surface area (Å²) in [6.07, 6.45) is 0. The van der Waals surface area contributed by atoms with Gasteiger partial charge in [0.25, 0.3) is 0 Å². The minimum Gasteiger partial charge on any atom is -0.345 e. The van der Waals surface area contributed by atoms with E-state index in [2.05, 4.69) is 0 Å². The van der Waals surface area contributed by atoms with E-state index in [1.165, 1.54) is 0 Å². The van der Waals surface area contributed by atoms with Crippen molar-refractivity contribution >= 4 is 45.8 Å². The van der Waals surface area contributed by atoms with Gasteiger partial charge < -0.3 is 5.11 Å². The van der Waals surface area contributed by atoms with E-state index in [4.69, 9.17) is 10.00 Å². The zero-order valence-corrected chi connectivity index (χ0v) is 9.52. The number of rotatable bonds is 2. The predicted molar refractivity (Wildman–Crippen MR) is 48.1 cm³/mol. The van der Waals surface area contributed by atoms with Crippen LogP contribution in [0.4, 0.5) is 0 Å². The molecule has 0 amide bonds. The molecule has 58 valence electrons. The van der Waals surface area contributed by atoms with Crippen LogP contribution in [0.1, 0.15) is 12.8 Å². The first kappa shape index (κ1) is 12.5. The van der Waals surface area contributed by atoms with Crippen molar-refractivity contribution in [1.82, 2.24) is 0 Å². The van der Waals surface area contributed by atoms with Gasteiger partial charge in [-0.25, -0.2) is 0 Å². The van der Waals surface area contributed by atoms with Gasteiger partial charge in [0.2, 0.25) is 0 Å². The van der Waals surface area contributed by atoms with Gasteiger partial charge in [-0.3, -0.25) is 0 Å². The van der Waals surface area contributed by atoms with Crippen LogP contribution in [0.25, 0.3) is 0 Å². The summed E-state index contributed by atoms with van der Waals surface area (Å²) in [4.78, 5) is 8.53. The summed E-state index contributed by atoms with van der Waals surface area (Å²) in [5, 5.41) is 9.06. The maximum atomic E-state index is 10.4. The molecule has 1 rings (SSSR count). The topological polar surface area (TPSA) is 57.5 Å². The second-order valence-electron chi connectivity index (χ2n) is 2.09. The zero-order valence-electron chi connectivity index (χ0n) is 7.42. The molecule has 1 aromatic rings. The van der Waals surface area contributed by atoms with Crippen LogP contribution < -0.4 is 0 Å². The Labute approximate surface area is 103 Å². The summed E-state index contributed by atoms with van der Waals surface area (Å²) >= 11 is 0. The molecular weight excluding hydrogens is 203 g/mol. The van der Waals surface area contributed by atoms with E-state index >= 15 is 0 Å². The van der Waals surface area contributed by atoms with Crippen molar-refractivity contribution in [3.05, 3.63) is 35.9 Å². The Hall–Kier alpha value is 0.500. The summed E-state index contributed by atoms with van der Waals surface area (Å²) in [6.45, 7) is 0. The van der Waals surface area contributed by atoms with Gasteiger partial charge in [0.1, 0.15) is 0 Å². The van der Waals surface area contributed by atoms with Crippen molar-refractivity contribution in [1.29, 1.82) is 0 Å². The molecular formula is C7H9CaO3P+4. The summed E-state index contributed by atoms with van der Waals surface area (Å²) in [5.74, 6) is -1.26. The largest absolute Gasteiger partial charge is 2.00 e. The smallest absolute Gasteiger partial charge is 0.345 e. The molecule has 2 unspecified atom stereocenters. The van der Waals surface area contributed by atoms with E-state index in [1.54, 1.807) is 30.3 Å². The Morgan fingerprint density at radius 3 is 2.25 bits per heavy atom. The average molecular weight is 212 g/mol. The van der Waals surface area contributed by atoms with Gasteiger partial charge in [0.05, 0.1) is 0 Å². The fourth-order valence-electron chi connectivity index (χ4n) is 0.753. The average Bonchev–Trinajstić information content (AvgIpc) is 2.05. The van der Waals surface area contributed by atoms with Crippen molar-refractivity contribution in [2.45, 2.75) is 5.85 Å². The normalized spacial score (nSPS) is 13.0. The third-order valence-electron chi connectivity index (χ3n) is 1.31. The number of aliphatic hydroxyl groups excluding tert-OH is 1. The molecule has 0 radical (unpaired) electrons. The van der Waals surface area contributed by atoms with E-state index in [0.717, 1.165) is 0 Å². The quantitative estimate of drug-likeness (QED) is 0.571. The summed E-state index contributed by atoms with van der Waals surface area (Å²) < 4.78 is 10.4. The molecule has 0 aliphatic rings. The number of benzene rings is 1. The van der Waals surface area contributed by atoms with Crippen molar-refractivity contribution in [3.8, 4) is 0 Å². The monoisotopic (exact) mass is 212 g/mol. The first-order valence-electron chi connectivity index (χ1n) is 3.10. The van der Waals surface area contributed by atoms with Gasteiger partial charge in [-0.15, -0.1) is 0 Å². The minimum absolute atomic E-state index is 0. The standard InChI is InChI=1S/C7H7O3P.Ca/c8-7(11(9)10)6-4-2-1-3-5-6;/h1-5,7-8H;/q;+2/p+2. The van der Waals surface area contributed by atoms with Gasteiger partial charge in [-0.1, -0.05) is 30.3 Å². The molecule has 0 aromatic heterocycles. The molecule has 5 heteroatoms.